The van der Waals surface area contributed by atoms with Crippen LogP contribution in [0.4, 0.5) is 5.69 Å². The molecule has 27 heavy (non-hydrogen) atoms. The van der Waals surface area contributed by atoms with Crippen molar-refractivity contribution in [3.8, 4) is 5.75 Å². The number of likely N-dealkylation sites (tertiary alicyclic amines) is 1. The van der Waals surface area contributed by atoms with Crippen molar-refractivity contribution in [1.29, 1.82) is 0 Å². The van der Waals surface area contributed by atoms with Crippen LogP contribution in [0, 0.1) is 6.92 Å². The molecule has 0 radical (unpaired) electrons. The number of piperazine rings is 1. The van der Waals surface area contributed by atoms with Crippen LogP contribution in [-0.4, -0.2) is 42.5 Å². The molecule has 140 valence electrons. The SMILES string of the molecule is COc1cc(Cl)c(C)cc1N1C(=O)[C@@H]2C[C@H]1CN2C(=O)/C=C/c1cccs1. The maximum Gasteiger partial charge on any atom is 0.250 e. The Balaban J connectivity index is 1.55. The number of rotatable bonds is 4. The lowest BCUT2D eigenvalue weighted by Gasteiger charge is -2.34. The molecule has 2 aromatic rings. The van der Waals surface area contributed by atoms with Gasteiger partial charge in [-0.15, -0.1) is 11.3 Å². The average molecular weight is 403 g/mol. The number of benzene rings is 1. The van der Waals surface area contributed by atoms with Crippen LogP contribution in [0.15, 0.2) is 35.7 Å². The first-order chi connectivity index (χ1) is 13.0. The normalized spacial score (nSPS) is 21.5. The van der Waals surface area contributed by atoms with Crippen molar-refractivity contribution in [2.45, 2.75) is 25.4 Å². The van der Waals surface area contributed by atoms with Crippen LogP contribution < -0.4 is 9.64 Å². The van der Waals surface area contributed by atoms with Gasteiger partial charge in [0, 0.05) is 28.6 Å². The minimum absolute atomic E-state index is 0.0453. The molecular weight excluding hydrogens is 384 g/mol. The Morgan fingerprint density at radius 2 is 2.22 bits per heavy atom. The molecule has 2 fully saturated rings. The lowest BCUT2D eigenvalue weighted by atomic mass is 10.1. The second-order valence-electron chi connectivity index (χ2n) is 6.73. The van der Waals surface area contributed by atoms with Crippen molar-refractivity contribution < 1.29 is 14.3 Å². The van der Waals surface area contributed by atoms with Crippen molar-refractivity contribution in [1.82, 2.24) is 4.90 Å². The highest BCUT2D eigenvalue weighted by Gasteiger charge is 2.52. The van der Waals surface area contributed by atoms with Crippen LogP contribution in [0.1, 0.15) is 16.9 Å². The molecule has 0 unspecified atom stereocenters. The van der Waals surface area contributed by atoms with Gasteiger partial charge in [-0.3, -0.25) is 9.59 Å². The monoisotopic (exact) mass is 402 g/mol. The van der Waals surface area contributed by atoms with E-state index < -0.39 is 6.04 Å². The molecule has 2 aliphatic rings. The molecule has 2 amide bonds. The summed E-state index contributed by atoms with van der Waals surface area (Å²) >= 11 is 7.76. The zero-order chi connectivity index (χ0) is 19.1. The number of halogens is 1. The number of fused-ring (bicyclic) bond motifs is 2. The largest absolute Gasteiger partial charge is 0.495 e. The number of nitrogens with zero attached hydrogens (tertiary/aromatic N) is 2. The maximum absolute atomic E-state index is 13.0. The quantitative estimate of drug-likeness (QED) is 0.732. The summed E-state index contributed by atoms with van der Waals surface area (Å²) in [5, 5.41) is 2.56. The summed E-state index contributed by atoms with van der Waals surface area (Å²) in [4.78, 5) is 30.0. The lowest BCUT2D eigenvalue weighted by molar-refractivity contribution is -0.134. The number of hydrogen-bond donors (Lipinski definition) is 0. The van der Waals surface area contributed by atoms with Gasteiger partial charge in [0.25, 0.3) is 0 Å². The summed E-state index contributed by atoms with van der Waals surface area (Å²) in [6.07, 6.45) is 3.99. The molecule has 4 rings (SSSR count). The van der Waals surface area contributed by atoms with Gasteiger partial charge in [0.15, 0.2) is 0 Å². The van der Waals surface area contributed by atoms with Crippen LogP contribution in [0.25, 0.3) is 6.08 Å². The van der Waals surface area contributed by atoms with Crippen molar-refractivity contribution >= 4 is 46.5 Å². The summed E-state index contributed by atoms with van der Waals surface area (Å²) in [5.74, 6) is 0.384. The molecule has 7 heteroatoms. The maximum atomic E-state index is 13.0. The van der Waals surface area contributed by atoms with Gasteiger partial charge in [-0.2, -0.15) is 0 Å². The minimum Gasteiger partial charge on any atom is -0.495 e. The van der Waals surface area contributed by atoms with Gasteiger partial charge in [0.2, 0.25) is 11.8 Å². The predicted molar refractivity (Wildman–Crippen MR) is 107 cm³/mol. The molecule has 2 aliphatic heterocycles. The van der Waals surface area contributed by atoms with E-state index in [1.165, 1.54) is 0 Å². The fraction of sp³-hybridized carbons (Fsp3) is 0.300. The minimum atomic E-state index is -0.420. The number of carbonyl (C=O) groups excluding carboxylic acids is 2. The molecule has 0 spiro atoms. The second-order valence-corrected chi connectivity index (χ2v) is 8.11. The van der Waals surface area contributed by atoms with E-state index in [1.54, 1.807) is 46.5 Å². The second kappa shape index (κ2) is 7.02. The smallest absolute Gasteiger partial charge is 0.250 e. The van der Waals surface area contributed by atoms with Crippen LogP contribution in [0.2, 0.25) is 5.02 Å². The van der Waals surface area contributed by atoms with Crippen molar-refractivity contribution in [2.75, 3.05) is 18.6 Å². The van der Waals surface area contributed by atoms with Gasteiger partial charge in [0.05, 0.1) is 18.8 Å². The standard InChI is InChI=1S/C20H19ClN2O3S/c1-12-8-16(18(26-2)10-15(12)21)23-13-9-17(20(23)25)22(11-13)19(24)6-5-14-4-3-7-27-14/h3-8,10,13,17H,9,11H2,1-2H3/b6-5+/t13-,17-/m0/s1. The van der Waals surface area contributed by atoms with Gasteiger partial charge in [0.1, 0.15) is 11.8 Å². The Kier molecular flexibility index (Phi) is 4.70. The predicted octanol–water partition coefficient (Wildman–Crippen LogP) is 3.75. The van der Waals surface area contributed by atoms with Crippen molar-refractivity contribution in [2.24, 2.45) is 0 Å². The highest BCUT2D eigenvalue weighted by Crippen LogP contribution is 2.41. The fourth-order valence-corrected chi connectivity index (χ4v) is 4.54. The number of thiophene rings is 1. The molecule has 2 saturated heterocycles. The van der Waals surface area contributed by atoms with Gasteiger partial charge in [-0.05, 0) is 42.5 Å². The average Bonchev–Trinajstić information content (AvgIpc) is 3.38. The van der Waals surface area contributed by atoms with Crippen LogP contribution in [0.5, 0.6) is 5.75 Å². The Hall–Kier alpha value is -2.31. The molecule has 2 atom stereocenters. The van der Waals surface area contributed by atoms with Gasteiger partial charge >= 0.3 is 0 Å². The van der Waals surface area contributed by atoms with E-state index in [1.807, 2.05) is 30.5 Å². The Morgan fingerprint density at radius 3 is 2.89 bits per heavy atom. The highest BCUT2D eigenvalue weighted by molar-refractivity contribution is 7.10. The first kappa shape index (κ1) is 18.1. The van der Waals surface area contributed by atoms with Crippen LogP contribution in [0.3, 0.4) is 0 Å². The fourth-order valence-electron chi connectivity index (χ4n) is 3.77. The lowest BCUT2D eigenvalue weighted by Crippen LogP contribution is -2.52. The molecule has 0 aliphatic carbocycles. The molecule has 2 bridgehead atoms. The van der Waals surface area contributed by atoms with E-state index in [2.05, 4.69) is 0 Å². The van der Waals surface area contributed by atoms with E-state index >= 15 is 0 Å². The zero-order valence-electron chi connectivity index (χ0n) is 15.0. The highest BCUT2D eigenvalue weighted by atomic mass is 35.5. The zero-order valence-corrected chi connectivity index (χ0v) is 16.6. The molecule has 3 heterocycles. The summed E-state index contributed by atoms with van der Waals surface area (Å²) < 4.78 is 5.43. The first-order valence-corrected chi connectivity index (χ1v) is 9.94. The third-order valence-corrected chi connectivity index (χ3v) is 6.35. The number of aryl methyl sites for hydroxylation is 1. The molecule has 1 aromatic carbocycles. The summed E-state index contributed by atoms with van der Waals surface area (Å²) in [5.41, 5.74) is 1.60. The van der Waals surface area contributed by atoms with Crippen molar-refractivity contribution in [3.63, 3.8) is 0 Å². The number of methoxy groups -OCH3 is 1. The summed E-state index contributed by atoms with van der Waals surface area (Å²) in [6.45, 7) is 2.42. The van der Waals surface area contributed by atoms with Crippen LogP contribution in [-0.2, 0) is 9.59 Å². The molecular formula is C20H19ClN2O3S. The van der Waals surface area contributed by atoms with Gasteiger partial charge in [-0.25, -0.2) is 0 Å². The van der Waals surface area contributed by atoms with E-state index in [-0.39, 0.29) is 17.9 Å². The van der Waals surface area contributed by atoms with Crippen LogP contribution >= 0.6 is 22.9 Å². The van der Waals surface area contributed by atoms with Crippen molar-refractivity contribution in [3.05, 3.63) is 51.2 Å². The molecule has 1 aromatic heterocycles. The van der Waals surface area contributed by atoms with E-state index in [0.717, 1.165) is 16.1 Å². The molecule has 5 nitrogen and oxygen atoms in total. The summed E-state index contributed by atoms with van der Waals surface area (Å²) in [6, 6.07) is 7.04. The topological polar surface area (TPSA) is 49.9 Å². The number of hydrogen-bond acceptors (Lipinski definition) is 4. The summed E-state index contributed by atoms with van der Waals surface area (Å²) in [7, 11) is 1.56. The number of amides is 2. The Morgan fingerprint density at radius 1 is 1.41 bits per heavy atom. The number of anilines is 1. The van der Waals surface area contributed by atoms with E-state index in [4.69, 9.17) is 16.3 Å². The Bertz CT molecular complexity index is 926. The first-order valence-electron chi connectivity index (χ1n) is 8.69. The van der Waals surface area contributed by atoms with E-state index in [0.29, 0.717) is 23.7 Å². The van der Waals surface area contributed by atoms with Gasteiger partial charge in [-0.1, -0.05) is 17.7 Å². The number of ether oxygens (including phenoxy) is 1. The third-order valence-electron chi connectivity index (χ3n) is 5.10. The number of carbonyl (C=O) groups is 2. The Labute approximate surface area is 166 Å². The molecule has 0 N–H and O–H groups in total. The molecule has 0 saturated carbocycles. The van der Waals surface area contributed by atoms with Gasteiger partial charge < -0.3 is 14.5 Å². The van der Waals surface area contributed by atoms with E-state index in [9.17, 15) is 9.59 Å². The third kappa shape index (κ3) is 3.13.